The number of pyridine rings is 1. The number of hydrogen-bond donors (Lipinski definition) is 0. The third kappa shape index (κ3) is 3.74. The Morgan fingerprint density at radius 3 is 2.67 bits per heavy atom. The average Bonchev–Trinajstić information content (AvgIpc) is 3.09. The molecule has 0 aliphatic carbocycles. The van der Waals surface area contributed by atoms with Crippen molar-refractivity contribution in [2.24, 2.45) is 0 Å². The van der Waals surface area contributed by atoms with E-state index in [1.807, 2.05) is 29.3 Å². The van der Waals surface area contributed by atoms with Gasteiger partial charge in [0.1, 0.15) is 5.58 Å². The molecule has 3 heterocycles. The highest BCUT2D eigenvalue weighted by molar-refractivity contribution is 5.89. The van der Waals surface area contributed by atoms with E-state index in [0.717, 1.165) is 60.5 Å². The molecule has 0 atom stereocenters. The molecular formula is C22H25N3O2. The zero-order valence-corrected chi connectivity index (χ0v) is 15.9. The lowest BCUT2D eigenvalue weighted by atomic mass is 10.0. The predicted molar refractivity (Wildman–Crippen MR) is 105 cm³/mol. The van der Waals surface area contributed by atoms with Crippen LogP contribution in [0.2, 0.25) is 0 Å². The van der Waals surface area contributed by atoms with Gasteiger partial charge in [-0.05, 0) is 37.1 Å². The molecule has 4 rings (SSSR count). The minimum atomic E-state index is 0.174. The van der Waals surface area contributed by atoms with Crippen molar-refractivity contribution in [3.63, 3.8) is 0 Å². The van der Waals surface area contributed by atoms with E-state index in [2.05, 4.69) is 35.9 Å². The van der Waals surface area contributed by atoms with E-state index >= 15 is 0 Å². The first kappa shape index (κ1) is 17.7. The number of benzene rings is 1. The molecule has 0 saturated carbocycles. The Hall–Kier alpha value is -2.66. The minimum Gasteiger partial charge on any atom is -0.464 e. The summed E-state index contributed by atoms with van der Waals surface area (Å²) >= 11 is 0. The Morgan fingerprint density at radius 1 is 1.11 bits per heavy atom. The maximum absolute atomic E-state index is 12.8. The van der Waals surface area contributed by atoms with E-state index in [-0.39, 0.29) is 5.91 Å². The maximum Gasteiger partial charge on any atom is 0.227 e. The number of amides is 1. The summed E-state index contributed by atoms with van der Waals surface area (Å²) in [7, 11) is 0. The number of rotatable bonds is 4. The molecular weight excluding hydrogens is 338 g/mol. The second-order valence-corrected chi connectivity index (χ2v) is 7.30. The van der Waals surface area contributed by atoms with Crippen LogP contribution in [0, 0.1) is 13.8 Å². The average molecular weight is 363 g/mol. The SMILES string of the molecule is Cc1ccc2c(CC(=O)N3CCN(Cc4ccccn4)CC3)coc2c1C. The second-order valence-electron chi connectivity index (χ2n) is 7.30. The first-order valence-corrected chi connectivity index (χ1v) is 9.48. The lowest BCUT2D eigenvalue weighted by Crippen LogP contribution is -2.48. The van der Waals surface area contributed by atoms with E-state index in [1.54, 1.807) is 6.26 Å². The molecule has 0 bridgehead atoms. The van der Waals surface area contributed by atoms with Crippen molar-refractivity contribution in [2.75, 3.05) is 26.2 Å². The predicted octanol–water partition coefficient (Wildman–Crippen LogP) is 3.33. The van der Waals surface area contributed by atoms with Gasteiger partial charge in [-0.2, -0.15) is 0 Å². The summed E-state index contributed by atoms with van der Waals surface area (Å²) in [5.74, 6) is 0.174. The molecule has 27 heavy (non-hydrogen) atoms. The Labute approximate surface area is 159 Å². The molecule has 5 nitrogen and oxygen atoms in total. The molecule has 3 aromatic rings. The van der Waals surface area contributed by atoms with Gasteiger partial charge in [0.2, 0.25) is 5.91 Å². The summed E-state index contributed by atoms with van der Waals surface area (Å²) in [5.41, 5.74) is 5.31. The second kappa shape index (κ2) is 7.53. The van der Waals surface area contributed by atoms with Crippen LogP contribution >= 0.6 is 0 Å². The molecule has 0 unspecified atom stereocenters. The molecule has 0 spiro atoms. The zero-order chi connectivity index (χ0) is 18.8. The first-order chi connectivity index (χ1) is 13.1. The van der Waals surface area contributed by atoms with Gasteiger partial charge in [0, 0.05) is 49.9 Å². The van der Waals surface area contributed by atoms with Gasteiger partial charge in [-0.3, -0.25) is 14.7 Å². The van der Waals surface area contributed by atoms with Crippen molar-refractivity contribution in [1.29, 1.82) is 0 Å². The van der Waals surface area contributed by atoms with Gasteiger partial charge >= 0.3 is 0 Å². The Balaban J connectivity index is 1.37. The lowest BCUT2D eigenvalue weighted by Gasteiger charge is -2.34. The molecule has 1 saturated heterocycles. The van der Waals surface area contributed by atoms with Crippen molar-refractivity contribution in [2.45, 2.75) is 26.8 Å². The third-order valence-electron chi connectivity index (χ3n) is 5.52. The summed E-state index contributed by atoms with van der Waals surface area (Å²) in [4.78, 5) is 21.5. The van der Waals surface area contributed by atoms with E-state index < -0.39 is 0 Å². The van der Waals surface area contributed by atoms with Crippen molar-refractivity contribution in [3.8, 4) is 0 Å². The molecule has 140 valence electrons. The standard InChI is InChI=1S/C22H25N3O2/c1-16-6-7-20-18(15-27-22(20)17(16)2)13-21(26)25-11-9-24(10-12-25)14-19-5-3-4-8-23-19/h3-8,15H,9-14H2,1-2H3. The van der Waals surface area contributed by atoms with Crippen molar-refractivity contribution >= 4 is 16.9 Å². The highest BCUT2D eigenvalue weighted by Crippen LogP contribution is 2.27. The van der Waals surface area contributed by atoms with Crippen LogP contribution < -0.4 is 0 Å². The molecule has 0 N–H and O–H groups in total. The number of furan rings is 1. The van der Waals surface area contributed by atoms with E-state index in [4.69, 9.17) is 4.42 Å². The molecule has 1 aliphatic heterocycles. The van der Waals surface area contributed by atoms with Crippen LogP contribution in [0.3, 0.4) is 0 Å². The van der Waals surface area contributed by atoms with Crippen LogP contribution in [0.5, 0.6) is 0 Å². The number of aryl methyl sites for hydroxylation is 2. The Morgan fingerprint density at radius 2 is 1.93 bits per heavy atom. The van der Waals surface area contributed by atoms with E-state index in [0.29, 0.717) is 6.42 Å². The van der Waals surface area contributed by atoms with Gasteiger partial charge in [0.15, 0.2) is 0 Å². The third-order valence-corrected chi connectivity index (χ3v) is 5.52. The van der Waals surface area contributed by atoms with Crippen LogP contribution in [0.25, 0.3) is 11.0 Å². The minimum absolute atomic E-state index is 0.174. The van der Waals surface area contributed by atoms with E-state index in [1.165, 1.54) is 5.56 Å². The number of nitrogens with zero attached hydrogens (tertiary/aromatic N) is 3. The quantitative estimate of drug-likeness (QED) is 0.713. The fourth-order valence-corrected chi connectivity index (χ4v) is 3.68. The van der Waals surface area contributed by atoms with Crippen LogP contribution in [0.1, 0.15) is 22.4 Å². The highest BCUT2D eigenvalue weighted by atomic mass is 16.3. The number of carbonyl (C=O) groups excluding carboxylic acids is 1. The van der Waals surface area contributed by atoms with Gasteiger partial charge in [0.05, 0.1) is 18.4 Å². The molecule has 0 radical (unpaired) electrons. The zero-order valence-electron chi connectivity index (χ0n) is 15.9. The van der Waals surface area contributed by atoms with E-state index in [9.17, 15) is 4.79 Å². The normalized spacial score (nSPS) is 15.4. The summed E-state index contributed by atoms with van der Waals surface area (Å²) in [6.45, 7) is 8.27. The van der Waals surface area contributed by atoms with Gasteiger partial charge in [-0.1, -0.05) is 18.2 Å². The molecule has 1 aliphatic rings. The van der Waals surface area contributed by atoms with Gasteiger partial charge in [0.25, 0.3) is 0 Å². The summed E-state index contributed by atoms with van der Waals surface area (Å²) in [5, 5.41) is 1.06. The van der Waals surface area contributed by atoms with Crippen molar-refractivity contribution < 1.29 is 9.21 Å². The fourth-order valence-electron chi connectivity index (χ4n) is 3.68. The largest absolute Gasteiger partial charge is 0.464 e. The van der Waals surface area contributed by atoms with Gasteiger partial charge in [-0.25, -0.2) is 0 Å². The van der Waals surface area contributed by atoms with Crippen molar-refractivity contribution in [1.82, 2.24) is 14.8 Å². The molecule has 2 aromatic heterocycles. The number of hydrogen-bond acceptors (Lipinski definition) is 4. The maximum atomic E-state index is 12.8. The van der Waals surface area contributed by atoms with Gasteiger partial charge < -0.3 is 9.32 Å². The highest BCUT2D eigenvalue weighted by Gasteiger charge is 2.22. The smallest absolute Gasteiger partial charge is 0.227 e. The summed E-state index contributed by atoms with van der Waals surface area (Å²) < 4.78 is 5.75. The summed E-state index contributed by atoms with van der Waals surface area (Å²) in [6, 6.07) is 10.2. The topological polar surface area (TPSA) is 49.6 Å². The number of piperazine rings is 1. The van der Waals surface area contributed by atoms with Crippen molar-refractivity contribution in [3.05, 3.63) is 65.2 Å². The van der Waals surface area contributed by atoms with Gasteiger partial charge in [-0.15, -0.1) is 0 Å². The number of carbonyl (C=O) groups is 1. The Kier molecular flexibility index (Phi) is 4.94. The molecule has 1 fully saturated rings. The molecule has 1 aromatic carbocycles. The van der Waals surface area contributed by atoms with Crippen LogP contribution in [0.15, 0.2) is 47.2 Å². The fraction of sp³-hybridized carbons (Fsp3) is 0.364. The number of fused-ring (bicyclic) bond motifs is 1. The molecule has 5 heteroatoms. The van der Waals surface area contributed by atoms with Crippen LogP contribution in [-0.4, -0.2) is 46.9 Å². The summed E-state index contributed by atoms with van der Waals surface area (Å²) in [6.07, 6.45) is 3.97. The van der Waals surface area contributed by atoms with Crippen LogP contribution in [0.4, 0.5) is 0 Å². The number of aromatic nitrogens is 1. The lowest BCUT2D eigenvalue weighted by molar-refractivity contribution is -0.132. The van der Waals surface area contributed by atoms with Crippen LogP contribution in [-0.2, 0) is 17.8 Å². The first-order valence-electron chi connectivity index (χ1n) is 9.48. The Bertz CT molecular complexity index is 941. The molecule has 1 amide bonds. The monoisotopic (exact) mass is 363 g/mol.